The van der Waals surface area contributed by atoms with Crippen molar-refractivity contribution in [2.75, 3.05) is 13.2 Å². The lowest BCUT2D eigenvalue weighted by Crippen LogP contribution is -2.38. The molecule has 0 aliphatic heterocycles. The van der Waals surface area contributed by atoms with E-state index in [4.69, 9.17) is 0 Å². The van der Waals surface area contributed by atoms with Crippen molar-refractivity contribution in [3.8, 4) is 0 Å². The number of urea groups is 1. The summed E-state index contributed by atoms with van der Waals surface area (Å²) in [5, 5.41) is 5.32. The fourth-order valence-electron chi connectivity index (χ4n) is 2.11. The van der Waals surface area contributed by atoms with Crippen LogP contribution in [0.25, 0.3) is 0 Å². The molecule has 1 unspecified atom stereocenters. The molecule has 1 aliphatic carbocycles. The first-order valence-electron chi connectivity index (χ1n) is 5.59. The van der Waals surface area contributed by atoms with Gasteiger partial charge in [0.2, 0.25) is 0 Å². The largest absolute Gasteiger partial charge is 0.336 e. The van der Waals surface area contributed by atoms with Crippen molar-refractivity contribution >= 4 is 22.0 Å². The van der Waals surface area contributed by atoms with Gasteiger partial charge in [0.1, 0.15) is 6.67 Å². The molecule has 1 atom stereocenters. The smallest absolute Gasteiger partial charge is 0.315 e. The van der Waals surface area contributed by atoms with Crippen molar-refractivity contribution in [3.05, 3.63) is 33.8 Å². The van der Waals surface area contributed by atoms with Gasteiger partial charge < -0.3 is 10.6 Å². The average molecular weight is 301 g/mol. The molecule has 0 fully saturated rings. The molecule has 0 bridgehead atoms. The van der Waals surface area contributed by atoms with Crippen LogP contribution in [0.15, 0.2) is 22.7 Å². The SMILES string of the molecule is O=C(NCCF)NC1CCc2cc(Br)ccc21. The minimum absolute atomic E-state index is 0.0395. The third kappa shape index (κ3) is 2.97. The Bertz CT molecular complexity index is 425. The minimum atomic E-state index is -0.540. The molecule has 0 heterocycles. The predicted octanol–water partition coefficient (Wildman–Crippen LogP) is 2.71. The zero-order valence-electron chi connectivity index (χ0n) is 9.30. The first-order chi connectivity index (χ1) is 8.20. The second-order valence-corrected chi connectivity index (χ2v) is 4.94. The van der Waals surface area contributed by atoms with Crippen molar-refractivity contribution in [1.29, 1.82) is 0 Å². The lowest BCUT2D eigenvalue weighted by molar-refractivity contribution is 0.236. The molecular weight excluding hydrogens is 287 g/mol. The van der Waals surface area contributed by atoms with Gasteiger partial charge >= 0.3 is 6.03 Å². The summed E-state index contributed by atoms with van der Waals surface area (Å²) in [6.45, 7) is -0.479. The molecule has 0 spiro atoms. The van der Waals surface area contributed by atoms with Crippen LogP contribution >= 0.6 is 15.9 Å². The van der Waals surface area contributed by atoms with E-state index >= 15 is 0 Å². The van der Waals surface area contributed by atoms with Crippen LogP contribution < -0.4 is 10.6 Å². The third-order valence-electron chi connectivity index (χ3n) is 2.87. The maximum absolute atomic E-state index is 11.9. The average Bonchev–Trinajstić information content (AvgIpc) is 2.69. The molecule has 1 aliphatic rings. The van der Waals surface area contributed by atoms with Crippen molar-refractivity contribution in [2.24, 2.45) is 0 Å². The molecule has 5 heteroatoms. The highest BCUT2D eigenvalue weighted by molar-refractivity contribution is 9.10. The molecule has 2 amide bonds. The zero-order valence-corrected chi connectivity index (χ0v) is 10.9. The summed E-state index contributed by atoms with van der Waals surface area (Å²) in [6, 6.07) is 5.81. The van der Waals surface area contributed by atoms with Gasteiger partial charge in [0.25, 0.3) is 0 Å². The van der Waals surface area contributed by atoms with Crippen molar-refractivity contribution in [1.82, 2.24) is 10.6 Å². The van der Waals surface area contributed by atoms with Gasteiger partial charge in [-0.1, -0.05) is 22.0 Å². The molecule has 0 radical (unpaired) electrons. The number of nitrogens with one attached hydrogen (secondary N) is 2. The predicted molar refractivity (Wildman–Crippen MR) is 67.7 cm³/mol. The van der Waals surface area contributed by atoms with Gasteiger partial charge in [-0.05, 0) is 36.1 Å². The highest BCUT2D eigenvalue weighted by Gasteiger charge is 2.23. The van der Waals surface area contributed by atoms with Crippen molar-refractivity contribution in [2.45, 2.75) is 18.9 Å². The van der Waals surface area contributed by atoms with Crippen molar-refractivity contribution < 1.29 is 9.18 Å². The van der Waals surface area contributed by atoms with E-state index in [1.54, 1.807) is 0 Å². The molecule has 2 N–H and O–H groups in total. The molecule has 0 saturated carbocycles. The van der Waals surface area contributed by atoms with Crippen LogP contribution in [0.2, 0.25) is 0 Å². The van der Waals surface area contributed by atoms with Crippen LogP contribution in [0.3, 0.4) is 0 Å². The maximum Gasteiger partial charge on any atom is 0.315 e. The van der Waals surface area contributed by atoms with E-state index < -0.39 is 6.67 Å². The van der Waals surface area contributed by atoms with Gasteiger partial charge in [-0.3, -0.25) is 0 Å². The van der Waals surface area contributed by atoms with Crippen molar-refractivity contribution in [3.63, 3.8) is 0 Å². The lowest BCUT2D eigenvalue weighted by atomic mass is 10.1. The standard InChI is InChI=1S/C12H14BrFN2O/c13-9-2-3-10-8(7-9)1-4-11(10)16-12(17)15-6-5-14/h2-3,7,11H,1,4-6H2,(H2,15,16,17). The quantitative estimate of drug-likeness (QED) is 0.885. The van der Waals surface area contributed by atoms with Gasteiger partial charge in [0.15, 0.2) is 0 Å². The van der Waals surface area contributed by atoms with E-state index in [1.807, 2.05) is 12.1 Å². The molecule has 92 valence electrons. The molecule has 2 rings (SSSR count). The van der Waals surface area contributed by atoms with E-state index in [1.165, 1.54) is 5.56 Å². The summed E-state index contributed by atoms with van der Waals surface area (Å²) in [5.41, 5.74) is 2.42. The number of rotatable bonds is 3. The van der Waals surface area contributed by atoms with Gasteiger partial charge in [-0.15, -0.1) is 0 Å². The second-order valence-electron chi connectivity index (χ2n) is 4.02. The van der Waals surface area contributed by atoms with E-state index in [9.17, 15) is 9.18 Å². The normalized spacial score (nSPS) is 17.6. The number of carbonyl (C=O) groups excluding carboxylic acids is 1. The number of hydrogen-bond acceptors (Lipinski definition) is 1. The first-order valence-corrected chi connectivity index (χ1v) is 6.38. The third-order valence-corrected chi connectivity index (χ3v) is 3.36. The summed E-state index contributed by atoms with van der Waals surface area (Å²) in [5.74, 6) is 0. The zero-order chi connectivity index (χ0) is 12.3. The van der Waals surface area contributed by atoms with Crippen LogP contribution in [0, 0.1) is 0 Å². The second kappa shape index (κ2) is 5.49. The van der Waals surface area contributed by atoms with Crippen LogP contribution in [0.1, 0.15) is 23.6 Å². The number of hydrogen-bond donors (Lipinski definition) is 2. The number of halogens is 2. The minimum Gasteiger partial charge on any atom is -0.336 e. The Morgan fingerprint density at radius 3 is 3.12 bits per heavy atom. The van der Waals surface area contributed by atoms with E-state index in [2.05, 4.69) is 32.6 Å². The molecule has 0 saturated heterocycles. The molecule has 17 heavy (non-hydrogen) atoms. The summed E-state index contributed by atoms with van der Waals surface area (Å²) in [6.07, 6.45) is 1.86. The summed E-state index contributed by atoms with van der Waals surface area (Å²) >= 11 is 3.43. The number of amides is 2. The first kappa shape index (κ1) is 12.4. The summed E-state index contributed by atoms with van der Waals surface area (Å²) in [7, 11) is 0. The Morgan fingerprint density at radius 1 is 1.53 bits per heavy atom. The molecule has 0 aromatic heterocycles. The Labute approximate surface area is 108 Å². The molecule has 3 nitrogen and oxygen atoms in total. The van der Waals surface area contributed by atoms with Crippen LogP contribution in [-0.2, 0) is 6.42 Å². The lowest BCUT2D eigenvalue weighted by Gasteiger charge is -2.14. The van der Waals surface area contributed by atoms with Gasteiger partial charge in [0.05, 0.1) is 6.04 Å². The fraction of sp³-hybridized carbons (Fsp3) is 0.417. The van der Waals surface area contributed by atoms with Crippen LogP contribution in [0.4, 0.5) is 9.18 Å². The topological polar surface area (TPSA) is 41.1 Å². The Hall–Kier alpha value is -1.10. The number of fused-ring (bicyclic) bond motifs is 1. The summed E-state index contributed by atoms with van der Waals surface area (Å²) < 4.78 is 13.0. The fourth-order valence-corrected chi connectivity index (χ4v) is 2.51. The number of aryl methyl sites for hydroxylation is 1. The molecular formula is C12H14BrFN2O. The highest BCUT2D eigenvalue weighted by atomic mass is 79.9. The van der Waals surface area contributed by atoms with Gasteiger partial charge in [-0.2, -0.15) is 0 Å². The Morgan fingerprint density at radius 2 is 2.35 bits per heavy atom. The van der Waals surface area contributed by atoms with Crippen LogP contribution in [0.5, 0.6) is 0 Å². The monoisotopic (exact) mass is 300 g/mol. The molecule has 1 aromatic rings. The van der Waals surface area contributed by atoms with E-state index in [-0.39, 0.29) is 18.6 Å². The molecule has 1 aromatic carbocycles. The Kier molecular flexibility index (Phi) is 3.99. The van der Waals surface area contributed by atoms with Gasteiger partial charge in [-0.25, -0.2) is 9.18 Å². The highest BCUT2D eigenvalue weighted by Crippen LogP contribution is 2.32. The van der Waals surface area contributed by atoms with E-state index in [0.717, 1.165) is 22.9 Å². The number of alkyl halides is 1. The van der Waals surface area contributed by atoms with Gasteiger partial charge in [0, 0.05) is 11.0 Å². The summed E-state index contributed by atoms with van der Waals surface area (Å²) in [4.78, 5) is 11.4. The van der Waals surface area contributed by atoms with Crippen LogP contribution in [-0.4, -0.2) is 19.3 Å². The number of carbonyl (C=O) groups is 1. The maximum atomic E-state index is 11.9. The Balaban J connectivity index is 2.00. The van der Waals surface area contributed by atoms with E-state index in [0.29, 0.717) is 0 Å². The number of benzene rings is 1.